The van der Waals surface area contributed by atoms with E-state index in [-0.39, 0.29) is 27.0 Å². The Morgan fingerprint density at radius 2 is 1.59 bits per heavy atom. The molecule has 0 aliphatic carbocycles. The van der Waals surface area contributed by atoms with Gasteiger partial charge in [-0.05, 0) is 24.3 Å². The molecule has 3 nitrogen and oxygen atoms in total. The fraction of sp³-hybridized carbons (Fsp3) is 0. The van der Waals surface area contributed by atoms with Crippen LogP contribution in [0.1, 0.15) is 15.9 Å². The minimum absolute atomic E-state index is 0. The number of carbonyl (C=O) groups excluding carboxylic acids is 1. The van der Waals surface area contributed by atoms with Gasteiger partial charge in [-0.15, -0.1) is 17.5 Å². The Kier molecular flexibility index (Phi) is 5.24. The van der Waals surface area contributed by atoms with Gasteiger partial charge in [0.15, 0.2) is 0 Å². The second-order valence-corrected chi connectivity index (χ2v) is 4.81. The third-order valence-electron chi connectivity index (χ3n) is 3.35. The van der Waals surface area contributed by atoms with Gasteiger partial charge in [0.2, 0.25) is 5.91 Å². The first kappa shape index (κ1) is 16.1. The molecule has 0 fully saturated rings. The van der Waals surface area contributed by atoms with Crippen molar-refractivity contribution < 1.29 is 25.9 Å². The number of hydrogen-bond acceptors (Lipinski definition) is 2. The van der Waals surface area contributed by atoms with Gasteiger partial charge in [0.1, 0.15) is 0 Å². The van der Waals surface area contributed by atoms with Gasteiger partial charge >= 0.3 is 0 Å². The number of hydrogen-bond donors (Lipinski definition) is 2. The second kappa shape index (κ2) is 7.15. The van der Waals surface area contributed by atoms with Crippen LogP contribution in [0.15, 0.2) is 66.7 Å². The summed E-state index contributed by atoms with van der Waals surface area (Å²) in [5.74, 6) is -0.150. The predicted molar refractivity (Wildman–Crippen MR) is 85.7 cm³/mol. The van der Waals surface area contributed by atoms with Crippen molar-refractivity contribution in [3.05, 3.63) is 84.4 Å². The normalized spacial score (nSPS) is 9.82. The molecule has 0 atom stereocenters. The van der Waals surface area contributed by atoms with Crippen LogP contribution in [0, 0.1) is 6.54 Å². The van der Waals surface area contributed by atoms with Gasteiger partial charge in [0.05, 0.1) is 0 Å². The quantitative estimate of drug-likeness (QED) is 0.467. The van der Waals surface area contributed by atoms with E-state index in [0.717, 1.165) is 16.3 Å². The Morgan fingerprint density at radius 3 is 2.36 bits per heavy atom. The number of benzene rings is 3. The number of nitrogen functional groups attached to an aromatic ring is 1. The third-order valence-corrected chi connectivity index (χ3v) is 3.35. The molecule has 4 heteroatoms. The van der Waals surface area contributed by atoms with Gasteiger partial charge in [0, 0.05) is 32.3 Å². The number of nitrogens with two attached hydrogens (primary N) is 1. The molecule has 3 aromatic rings. The molecule has 110 valence electrons. The largest absolute Gasteiger partial charge is 0.399 e. The maximum Gasteiger partial charge on any atom is 0.244 e. The molecule has 0 spiro atoms. The zero-order chi connectivity index (χ0) is 14.7. The van der Waals surface area contributed by atoms with Crippen LogP contribution in [0.4, 0.5) is 5.69 Å². The smallest absolute Gasteiger partial charge is 0.244 e. The average molecular weight is 459 g/mol. The van der Waals surface area contributed by atoms with Crippen molar-refractivity contribution in [3.8, 4) is 0 Å². The molecular weight excluding hydrogens is 444 g/mol. The third kappa shape index (κ3) is 3.49. The van der Waals surface area contributed by atoms with Gasteiger partial charge in [-0.1, -0.05) is 36.2 Å². The number of fused-ring (bicyclic) bond motifs is 1. The molecule has 0 bridgehead atoms. The average Bonchev–Trinajstić information content (AvgIpc) is 2.53. The Morgan fingerprint density at radius 1 is 0.909 bits per heavy atom. The van der Waals surface area contributed by atoms with Crippen LogP contribution in [0.5, 0.6) is 0 Å². The maximum atomic E-state index is 12.1. The number of rotatable bonds is 3. The molecular formula is C18H15N2OW-. The topological polar surface area (TPSA) is 55.1 Å². The molecule has 0 heterocycles. The molecule has 0 aliphatic heterocycles. The van der Waals surface area contributed by atoms with Crippen LogP contribution in [0.3, 0.4) is 0 Å². The molecule has 3 rings (SSSR count). The minimum Gasteiger partial charge on any atom is -0.399 e. The summed E-state index contributed by atoms with van der Waals surface area (Å²) in [5, 5.41) is 5.08. The Bertz CT molecular complexity index is 779. The van der Waals surface area contributed by atoms with Crippen molar-refractivity contribution in [1.82, 2.24) is 5.32 Å². The van der Waals surface area contributed by atoms with Gasteiger partial charge < -0.3 is 11.1 Å². The van der Waals surface area contributed by atoms with E-state index in [9.17, 15) is 4.79 Å². The molecule has 0 saturated carbocycles. The molecule has 0 unspecified atom stereocenters. The van der Waals surface area contributed by atoms with Crippen LogP contribution in [-0.2, 0) is 21.1 Å². The standard InChI is InChI=1S/C18H15N2O.W/c19-16-10-8-14(9-11-16)18(21)20-12-15-6-3-5-13-4-1-2-7-17(13)15;/h1-12H,19H2,(H,20,21);/q-1;. The van der Waals surface area contributed by atoms with E-state index in [1.54, 1.807) is 30.8 Å². The van der Waals surface area contributed by atoms with E-state index in [0.29, 0.717) is 11.3 Å². The van der Waals surface area contributed by atoms with Gasteiger partial charge in [0.25, 0.3) is 0 Å². The fourth-order valence-corrected chi connectivity index (χ4v) is 2.24. The minimum atomic E-state index is -0.150. The van der Waals surface area contributed by atoms with Crippen molar-refractivity contribution >= 4 is 22.4 Å². The van der Waals surface area contributed by atoms with E-state index < -0.39 is 0 Å². The number of carbonyl (C=O) groups is 1. The number of nitrogens with one attached hydrogen (secondary N) is 1. The summed E-state index contributed by atoms with van der Waals surface area (Å²) < 4.78 is 0. The van der Waals surface area contributed by atoms with Crippen LogP contribution < -0.4 is 11.1 Å². The molecule has 3 N–H and O–H groups in total. The molecule has 0 aliphatic rings. The fourth-order valence-electron chi connectivity index (χ4n) is 2.24. The Labute approximate surface area is 143 Å². The van der Waals surface area contributed by atoms with Gasteiger partial charge in [-0.3, -0.25) is 4.79 Å². The molecule has 0 aromatic heterocycles. The van der Waals surface area contributed by atoms with Crippen molar-refractivity contribution in [1.29, 1.82) is 0 Å². The summed E-state index contributed by atoms with van der Waals surface area (Å²) >= 11 is 0. The summed E-state index contributed by atoms with van der Waals surface area (Å²) in [6, 6.07) is 20.9. The van der Waals surface area contributed by atoms with Crippen molar-refractivity contribution in [3.63, 3.8) is 0 Å². The first-order valence-electron chi connectivity index (χ1n) is 6.71. The monoisotopic (exact) mass is 459 g/mol. The van der Waals surface area contributed by atoms with Crippen LogP contribution in [-0.4, -0.2) is 5.91 Å². The van der Waals surface area contributed by atoms with E-state index in [4.69, 9.17) is 5.73 Å². The van der Waals surface area contributed by atoms with Gasteiger partial charge in [-0.25, -0.2) is 0 Å². The summed E-state index contributed by atoms with van der Waals surface area (Å²) in [4.78, 5) is 12.1. The molecule has 3 aromatic carbocycles. The first-order valence-corrected chi connectivity index (χ1v) is 6.71. The Hall–Kier alpha value is -2.25. The Balaban J connectivity index is 0.00000176. The zero-order valence-corrected chi connectivity index (χ0v) is 14.8. The summed E-state index contributed by atoms with van der Waals surface area (Å²) in [7, 11) is 0. The summed E-state index contributed by atoms with van der Waals surface area (Å²) in [6.07, 6.45) is 0. The predicted octanol–water partition coefficient (Wildman–Crippen LogP) is 3.36. The number of anilines is 1. The van der Waals surface area contributed by atoms with Crippen molar-refractivity contribution in [2.75, 3.05) is 5.73 Å². The molecule has 0 radical (unpaired) electrons. The van der Waals surface area contributed by atoms with E-state index in [2.05, 4.69) is 17.4 Å². The summed E-state index contributed by atoms with van der Waals surface area (Å²) in [5.41, 5.74) is 7.82. The van der Waals surface area contributed by atoms with Crippen molar-refractivity contribution in [2.45, 2.75) is 0 Å². The van der Waals surface area contributed by atoms with Crippen LogP contribution in [0.25, 0.3) is 10.8 Å². The van der Waals surface area contributed by atoms with E-state index >= 15 is 0 Å². The van der Waals surface area contributed by atoms with Crippen LogP contribution in [0.2, 0.25) is 0 Å². The molecule has 22 heavy (non-hydrogen) atoms. The molecule has 1 amide bonds. The van der Waals surface area contributed by atoms with Crippen molar-refractivity contribution in [2.24, 2.45) is 0 Å². The summed E-state index contributed by atoms with van der Waals surface area (Å²) in [6.45, 7) is 1.74. The van der Waals surface area contributed by atoms with Gasteiger partial charge in [-0.2, -0.15) is 11.6 Å². The first-order chi connectivity index (χ1) is 10.2. The SMILES string of the molecule is Nc1ccc(C(=O)N[CH-]c2cccc3ccccc23)cc1.[W]. The van der Waals surface area contributed by atoms with Crippen LogP contribution >= 0.6 is 0 Å². The maximum absolute atomic E-state index is 12.1. The number of amides is 1. The zero-order valence-electron chi connectivity index (χ0n) is 11.8. The van der Waals surface area contributed by atoms with E-state index in [1.807, 2.05) is 30.3 Å². The second-order valence-electron chi connectivity index (χ2n) is 4.81. The molecule has 0 saturated heterocycles. The van der Waals surface area contributed by atoms with E-state index in [1.165, 1.54) is 0 Å².